The van der Waals surface area contributed by atoms with Gasteiger partial charge >= 0.3 is 0 Å². The number of benzene rings is 1. The molecule has 110 valence electrons. The lowest BCUT2D eigenvalue weighted by molar-refractivity contribution is 0.535. The summed E-state index contributed by atoms with van der Waals surface area (Å²) in [6.07, 6.45) is 4.27. The van der Waals surface area contributed by atoms with E-state index in [2.05, 4.69) is 29.4 Å². The van der Waals surface area contributed by atoms with Crippen LogP contribution in [-0.4, -0.2) is 26.8 Å². The Bertz CT molecular complexity index is 725. The molecule has 5 heteroatoms. The van der Waals surface area contributed by atoms with E-state index in [0.717, 1.165) is 48.7 Å². The molecular formula is C16H21N5. The van der Waals surface area contributed by atoms with Crippen molar-refractivity contribution in [2.24, 2.45) is 0 Å². The summed E-state index contributed by atoms with van der Waals surface area (Å²) in [6.45, 7) is 3.84. The number of H-pyrrole nitrogens is 1. The Balaban J connectivity index is 2.01. The van der Waals surface area contributed by atoms with Gasteiger partial charge in [0, 0.05) is 29.2 Å². The van der Waals surface area contributed by atoms with Crippen molar-refractivity contribution < 1.29 is 0 Å². The van der Waals surface area contributed by atoms with Crippen LogP contribution in [0.2, 0.25) is 0 Å². The molecular weight excluding hydrogens is 262 g/mol. The van der Waals surface area contributed by atoms with E-state index >= 15 is 0 Å². The lowest BCUT2D eigenvalue weighted by atomic mass is 10.2. The summed E-state index contributed by atoms with van der Waals surface area (Å²) >= 11 is 0. The molecule has 0 aliphatic carbocycles. The van der Waals surface area contributed by atoms with Crippen LogP contribution in [0.15, 0.2) is 30.5 Å². The molecule has 0 unspecified atom stereocenters. The smallest absolute Gasteiger partial charge is 0.183 e. The Morgan fingerprint density at radius 2 is 2.14 bits per heavy atom. The second-order valence-electron chi connectivity index (χ2n) is 5.21. The van der Waals surface area contributed by atoms with Gasteiger partial charge in [-0.15, -0.1) is 0 Å². The Kier molecular flexibility index (Phi) is 4.01. The molecule has 0 radical (unpaired) electrons. The van der Waals surface area contributed by atoms with Gasteiger partial charge < -0.3 is 10.3 Å². The molecule has 0 saturated heterocycles. The summed E-state index contributed by atoms with van der Waals surface area (Å²) < 4.78 is 2.02. The molecule has 0 spiro atoms. The second-order valence-corrected chi connectivity index (χ2v) is 5.21. The summed E-state index contributed by atoms with van der Waals surface area (Å²) in [7, 11) is 1.93. The van der Waals surface area contributed by atoms with Gasteiger partial charge in [-0.1, -0.05) is 31.5 Å². The van der Waals surface area contributed by atoms with Gasteiger partial charge in [-0.25, -0.2) is 9.67 Å². The van der Waals surface area contributed by atoms with Crippen LogP contribution in [0.25, 0.3) is 22.3 Å². The third-order valence-corrected chi connectivity index (χ3v) is 3.64. The van der Waals surface area contributed by atoms with E-state index in [-0.39, 0.29) is 0 Å². The molecule has 0 amide bonds. The van der Waals surface area contributed by atoms with Gasteiger partial charge in [-0.2, -0.15) is 5.10 Å². The van der Waals surface area contributed by atoms with E-state index in [0.29, 0.717) is 0 Å². The highest BCUT2D eigenvalue weighted by Gasteiger charge is 2.14. The molecule has 21 heavy (non-hydrogen) atoms. The highest BCUT2D eigenvalue weighted by atomic mass is 15.4. The van der Waals surface area contributed by atoms with Crippen LogP contribution in [0, 0.1) is 0 Å². The number of para-hydroxylation sites is 1. The van der Waals surface area contributed by atoms with Gasteiger partial charge in [0.05, 0.1) is 6.54 Å². The first kappa shape index (κ1) is 13.8. The van der Waals surface area contributed by atoms with E-state index in [1.54, 1.807) is 0 Å². The van der Waals surface area contributed by atoms with Crippen molar-refractivity contribution in [1.29, 1.82) is 0 Å². The van der Waals surface area contributed by atoms with E-state index in [9.17, 15) is 0 Å². The number of fused-ring (bicyclic) bond motifs is 1. The summed E-state index contributed by atoms with van der Waals surface area (Å²) in [5.74, 6) is 1.79. The number of aryl methyl sites for hydroxylation is 1. The number of unbranched alkanes of at least 4 members (excludes halogenated alkanes) is 1. The maximum absolute atomic E-state index is 4.71. The number of hydrogen-bond acceptors (Lipinski definition) is 3. The van der Waals surface area contributed by atoms with E-state index in [1.807, 2.05) is 30.1 Å². The van der Waals surface area contributed by atoms with Gasteiger partial charge in [0.2, 0.25) is 0 Å². The zero-order valence-corrected chi connectivity index (χ0v) is 12.6. The van der Waals surface area contributed by atoms with Crippen LogP contribution in [0.3, 0.4) is 0 Å². The fourth-order valence-electron chi connectivity index (χ4n) is 2.52. The standard InChI is InChI=1S/C16H21N5/c1-3-4-9-21-15(11-17-2)19-16(20-21)13-10-18-14-8-6-5-7-12(13)14/h5-8,10,17-18H,3-4,9,11H2,1-2H3. The highest BCUT2D eigenvalue weighted by Crippen LogP contribution is 2.26. The molecule has 0 saturated carbocycles. The molecule has 5 nitrogen and oxygen atoms in total. The van der Waals surface area contributed by atoms with Crippen molar-refractivity contribution in [3.8, 4) is 11.4 Å². The fourth-order valence-corrected chi connectivity index (χ4v) is 2.52. The highest BCUT2D eigenvalue weighted by molar-refractivity contribution is 5.93. The average molecular weight is 283 g/mol. The maximum Gasteiger partial charge on any atom is 0.183 e. The number of hydrogen-bond donors (Lipinski definition) is 2. The Morgan fingerprint density at radius 3 is 2.95 bits per heavy atom. The minimum absolute atomic E-state index is 0.735. The Labute approximate surface area is 124 Å². The van der Waals surface area contributed by atoms with E-state index in [1.165, 1.54) is 5.39 Å². The normalized spacial score (nSPS) is 11.3. The van der Waals surface area contributed by atoms with Gasteiger partial charge in [0.25, 0.3) is 0 Å². The van der Waals surface area contributed by atoms with Crippen LogP contribution < -0.4 is 5.32 Å². The minimum atomic E-state index is 0.735. The van der Waals surface area contributed by atoms with E-state index in [4.69, 9.17) is 10.1 Å². The SMILES string of the molecule is CCCCn1nc(-c2c[nH]c3ccccc23)nc1CNC. The third kappa shape index (κ3) is 2.69. The first-order valence-electron chi connectivity index (χ1n) is 7.48. The van der Waals surface area contributed by atoms with Crippen molar-refractivity contribution in [3.63, 3.8) is 0 Å². The van der Waals surface area contributed by atoms with Crippen molar-refractivity contribution in [1.82, 2.24) is 25.1 Å². The summed E-state index contributed by atoms with van der Waals surface area (Å²) in [5, 5.41) is 9.04. The van der Waals surface area contributed by atoms with Crippen molar-refractivity contribution >= 4 is 10.9 Å². The second kappa shape index (κ2) is 6.10. The first-order chi connectivity index (χ1) is 10.3. The number of aromatic amines is 1. The van der Waals surface area contributed by atoms with Crippen LogP contribution in [-0.2, 0) is 13.1 Å². The quantitative estimate of drug-likeness (QED) is 0.731. The molecule has 1 aromatic carbocycles. The summed E-state index contributed by atoms with van der Waals surface area (Å²) in [5.41, 5.74) is 2.19. The van der Waals surface area contributed by atoms with Gasteiger partial charge in [-0.3, -0.25) is 0 Å². The molecule has 0 bridgehead atoms. The van der Waals surface area contributed by atoms with Crippen LogP contribution in [0.5, 0.6) is 0 Å². The number of nitrogens with zero attached hydrogens (tertiary/aromatic N) is 3. The lowest BCUT2D eigenvalue weighted by Gasteiger charge is -2.03. The molecule has 2 N–H and O–H groups in total. The van der Waals surface area contributed by atoms with Crippen LogP contribution >= 0.6 is 0 Å². The predicted molar refractivity (Wildman–Crippen MR) is 85.0 cm³/mol. The monoisotopic (exact) mass is 283 g/mol. The molecule has 3 rings (SSSR count). The zero-order chi connectivity index (χ0) is 14.7. The molecule has 2 aromatic heterocycles. The van der Waals surface area contributed by atoms with Crippen LogP contribution in [0.1, 0.15) is 25.6 Å². The molecule has 2 heterocycles. The van der Waals surface area contributed by atoms with E-state index < -0.39 is 0 Å². The predicted octanol–water partition coefficient (Wildman–Crippen LogP) is 2.95. The van der Waals surface area contributed by atoms with Gasteiger partial charge in [0.15, 0.2) is 5.82 Å². The summed E-state index contributed by atoms with van der Waals surface area (Å²) in [6, 6.07) is 8.25. The minimum Gasteiger partial charge on any atom is -0.360 e. The topological polar surface area (TPSA) is 58.5 Å². The first-order valence-corrected chi connectivity index (χ1v) is 7.48. The fraction of sp³-hybridized carbons (Fsp3) is 0.375. The molecule has 3 aromatic rings. The molecule has 0 aliphatic heterocycles. The van der Waals surface area contributed by atoms with Gasteiger partial charge in [0.1, 0.15) is 5.82 Å². The Hall–Kier alpha value is -2.14. The number of nitrogens with one attached hydrogen (secondary N) is 2. The van der Waals surface area contributed by atoms with Crippen molar-refractivity contribution in [3.05, 3.63) is 36.3 Å². The maximum atomic E-state index is 4.71. The molecule has 0 fully saturated rings. The van der Waals surface area contributed by atoms with Crippen molar-refractivity contribution in [2.75, 3.05) is 7.05 Å². The van der Waals surface area contributed by atoms with Crippen LogP contribution in [0.4, 0.5) is 0 Å². The number of rotatable bonds is 6. The largest absolute Gasteiger partial charge is 0.360 e. The average Bonchev–Trinajstić information content (AvgIpc) is 3.09. The molecule has 0 atom stereocenters. The van der Waals surface area contributed by atoms with Gasteiger partial charge in [-0.05, 0) is 19.5 Å². The Morgan fingerprint density at radius 1 is 1.29 bits per heavy atom. The molecule has 0 aliphatic rings. The lowest BCUT2D eigenvalue weighted by Crippen LogP contribution is -2.13. The summed E-state index contributed by atoms with van der Waals surface area (Å²) in [4.78, 5) is 8.00. The number of aromatic nitrogens is 4. The van der Waals surface area contributed by atoms with Crippen molar-refractivity contribution in [2.45, 2.75) is 32.9 Å². The third-order valence-electron chi connectivity index (χ3n) is 3.64. The zero-order valence-electron chi connectivity index (χ0n) is 12.6.